The second-order valence-electron chi connectivity index (χ2n) is 10.9. The van der Waals surface area contributed by atoms with Gasteiger partial charge in [0.15, 0.2) is 0 Å². The first-order valence-corrected chi connectivity index (χ1v) is 14.4. The number of aromatic nitrogens is 3. The molecule has 3 aliphatic rings. The van der Waals surface area contributed by atoms with Gasteiger partial charge in [0.25, 0.3) is 5.56 Å². The summed E-state index contributed by atoms with van der Waals surface area (Å²) in [5.74, 6) is 0. The predicted molar refractivity (Wildman–Crippen MR) is 151 cm³/mol. The number of hydrogen-bond acceptors (Lipinski definition) is 6. The number of fused-ring (bicyclic) bond motifs is 2. The van der Waals surface area contributed by atoms with Gasteiger partial charge in [-0.15, -0.1) is 11.3 Å². The standard InChI is InChI=1S/C29H30ClN5OS/c1-18-10-26(36)35(33-15-18)17-22-13-25-28(37-22)23(5-8-31-25)24-12-20(30)11-19-4-2-9-34(27(19)24)21-14-29(32-16-21)6-3-7-29/h5,8,10-13,15,21,32H,2-4,6-7,9,14,16-17H2,1H3/t21-/m0/s1. The zero-order chi connectivity index (χ0) is 25.1. The molecule has 1 saturated heterocycles. The zero-order valence-electron chi connectivity index (χ0n) is 21.0. The Hall–Kier alpha value is -2.74. The molecule has 6 nitrogen and oxygen atoms in total. The normalized spacial score (nSPS) is 20.4. The van der Waals surface area contributed by atoms with Crippen molar-refractivity contribution in [3.8, 4) is 11.1 Å². The molecule has 1 N–H and O–H groups in total. The fraction of sp³-hybridized carbons (Fsp3) is 0.414. The van der Waals surface area contributed by atoms with Crippen molar-refractivity contribution in [2.45, 2.75) is 63.6 Å². The van der Waals surface area contributed by atoms with Gasteiger partial charge in [-0.3, -0.25) is 9.78 Å². The summed E-state index contributed by atoms with van der Waals surface area (Å²) in [5, 5.41) is 8.99. The average Bonchev–Trinajstić information content (AvgIpc) is 3.49. The number of nitrogens with one attached hydrogen (secondary N) is 1. The third-order valence-electron chi connectivity index (χ3n) is 8.44. The fourth-order valence-corrected chi connectivity index (χ4v) is 7.87. The van der Waals surface area contributed by atoms with Gasteiger partial charge >= 0.3 is 0 Å². The second kappa shape index (κ2) is 8.93. The highest BCUT2D eigenvalue weighted by molar-refractivity contribution is 7.19. The van der Waals surface area contributed by atoms with Gasteiger partial charge in [-0.25, -0.2) is 4.68 Å². The number of aryl methyl sites for hydroxylation is 2. The quantitative estimate of drug-likeness (QED) is 0.373. The molecule has 2 fully saturated rings. The molecule has 3 aromatic heterocycles. The predicted octanol–water partition coefficient (Wildman–Crippen LogP) is 5.57. The molecule has 7 rings (SSSR count). The van der Waals surface area contributed by atoms with Crippen LogP contribution < -0.4 is 15.8 Å². The number of pyridine rings is 1. The lowest BCUT2D eigenvalue weighted by molar-refractivity contribution is 0.214. The molecule has 5 heterocycles. The first kappa shape index (κ1) is 23.4. The van der Waals surface area contributed by atoms with Crippen molar-refractivity contribution in [1.82, 2.24) is 20.1 Å². The van der Waals surface area contributed by atoms with Crippen LogP contribution in [0.5, 0.6) is 0 Å². The molecule has 4 aromatic rings. The van der Waals surface area contributed by atoms with E-state index in [-0.39, 0.29) is 5.56 Å². The monoisotopic (exact) mass is 531 g/mol. The summed E-state index contributed by atoms with van der Waals surface area (Å²) < 4.78 is 2.65. The minimum atomic E-state index is -0.0837. The van der Waals surface area contributed by atoms with Crippen LogP contribution in [-0.2, 0) is 13.0 Å². The van der Waals surface area contributed by atoms with Crippen LogP contribution in [0.3, 0.4) is 0 Å². The highest BCUT2D eigenvalue weighted by atomic mass is 35.5. The van der Waals surface area contributed by atoms with Gasteiger partial charge < -0.3 is 10.2 Å². The van der Waals surface area contributed by atoms with E-state index in [1.807, 2.05) is 13.1 Å². The molecule has 1 saturated carbocycles. The van der Waals surface area contributed by atoms with Crippen LogP contribution in [0.15, 0.2) is 47.5 Å². The van der Waals surface area contributed by atoms with E-state index in [1.165, 1.54) is 52.7 Å². The van der Waals surface area contributed by atoms with Crippen LogP contribution in [-0.4, -0.2) is 39.4 Å². The lowest BCUT2D eigenvalue weighted by atomic mass is 9.75. The van der Waals surface area contributed by atoms with Crippen molar-refractivity contribution < 1.29 is 0 Å². The van der Waals surface area contributed by atoms with Gasteiger partial charge in [-0.1, -0.05) is 11.6 Å². The summed E-state index contributed by atoms with van der Waals surface area (Å²) >= 11 is 8.41. The summed E-state index contributed by atoms with van der Waals surface area (Å²) in [6.45, 7) is 4.46. The van der Waals surface area contributed by atoms with Crippen molar-refractivity contribution >= 4 is 38.8 Å². The molecule has 0 bridgehead atoms. The average molecular weight is 532 g/mol. The Morgan fingerprint density at radius 1 is 1.19 bits per heavy atom. The van der Waals surface area contributed by atoms with E-state index in [0.717, 1.165) is 51.6 Å². The summed E-state index contributed by atoms with van der Waals surface area (Å²) in [6, 6.07) is 10.7. The lowest BCUT2D eigenvalue weighted by Gasteiger charge is -2.41. The number of anilines is 1. The molecule has 0 unspecified atom stereocenters. The van der Waals surface area contributed by atoms with Gasteiger partial charge in [0.05, 0.1) is 23.0 Å². The number of rotatable bonds is 4. The van der Waals surface area contributed by atoms with Crippen LogP contribution >= 0.6 is 22.9 Å². The Kier molecular flexibility index (Phi) is 5.64. The third kappa shape index (κ3) is 4.08. The highest BCUT2D eigenvalue weighted by Crippen LogP contribution is 2.47. The van der Waals surface area contributed by atoms with Crippen molar-refractivity contribution in [3.05, 3.63) is 74.1 Å². The highest BCUT2D eigenvalue weighted by Gasteiger charge is 2.45. The molecular formula is C29H30ClN5OS. The summed E-state index contributed by atoms with van der Waals surface area (Å²) in [5.41, 5.74) is 7.16. The van der Waals surface area contributed by atoms with Crippen molar-refractivity contribution in [2.24, 2.45) is 0 Å². The molecule has 8 heteroatoms. The second-order valence-corrected chi connectivity index (χ2v) is 12.5. The maximum Gasteiger partial charge on any atom is 0.267 e. The van der Waals surface area contributed by atoms with Gasteiger partial charge in [0.1, 0.15) is 0 Å². The van der Waals surface area contributed by atoms with E-state index >= 15 is 0 Å². The van der Waals surface area contributed by atoms with E-state index in [9.17, 15) is 4.79 Å². The van der Waals surface area contributed by atoms with Gasteiger partial charge in [-0.05, 0) is 80.8 Å². The number of thiophene rings is 1. The first-order chi connectivity index (χ1) is 18.0. The van der Waals surface area contributed by atoms with E-state index in [1.54, 1.807) is 23.6 Å². The molecular weight excluding hydrogens is 502 g/mol. The van der Waals surface area contributed by atoms with Gasteiger partial charge in [0, 0.05) is 63.6 Å². The lowest BCUT2D eigenvalue weighted by Crippen LogP contribution is -2.46. The molecule has 190 valence electrons. The molecule has 1 aromatic carbocycles. The fourth-order valence-electron chi connectivity index (χ4n) is 6.51. The Balaban J connectivity index is 1.31. The maximum atomic E-state index is 12.4. The Labute approximate surface area is 225 Å². The zero-order valence-corrected chi connectivity index (χ0v) is 22.5. The number of hydrogen-bond donors (Lipinski definition) is 1. The van der Waals surface area contributed by atoms with Crippen LogP contribution in [0.4, 0.5) is 5.69 Å². The molecule has 1 spiro atoms. The van der Waals surface area contributed by atoms with Crippen molar-refractivity contribution in [3.63, 3.8) is 0 Å². The molecule has 0 radical (unpaired) electrons. The van der Waals surface area contributed by atoms with E-state index in [2.05, 4.69) is 44.6 Å². The first-order valence-electron chi connectivity index (χ1n) is 13.2. The van der Waals surface area contributed by atoms with E-state index in [0.29, 0.717) is 18.1 Å². The molecule has 37 heavy (non-hydrogen) atoms. The van der Waals surface area contributed by atoms with Gasteiger partial charge in [-0.2, -0.15) is 5.10 Å². The third-order valence-corrected chi connectivity index (χ3v) is 9.80. The molecule has 0 amide bonds. The Morgan fingerprint density at radius 2 is 2.08 bits per heavy atom. The minimum absolute atomic E-state index is 0.0837. The topological polar surface area (TPSA) is 63.1 Å². The Bertz CT molecular complexity index is 1570. The van der Waals surface area contributed by atoms with Gasteiger partial charge in [0.2, 0.25) is 0 Å². The number of benzene rings is 1. The molecule has 2 aliphatic heterocycles. The molecule has 1 aliphatic carbocycles. The van der Waals surface area contributed by atoms with Crippen LogP contribution in [0.25, 0.3) is 21.3 Å². The molecule has 1 atom stereocenters. The van der Waals surface area contributed by atoms with Crippen molar-refractivity contribution in [1.29, 1.82) is 0 Å². The summed E-state index contributed by atoms with van der Waals surface area (Å²) in [6.07, 6.45) is 11.0. The van der Waals surface area contributed by atoms with Crippen molar-refractivity contribution in [2.75, 3.05) is 18.0 Å². The summed E-state index contributed by atoms with van der Waals surface area (Å²) in [4.78, 5) is 20.9. The smallest absolute Gasteiger partial charge is 0.267 e. The number of nitrogens with zero attached hydrogens (tertiary/aromatic N) is 4. The Morgan fingerprint density at radius 3 is 2.86 bits per heavy atom. The maximum absolute atomic E-state index is 12.4. The number of halogens is 1. The summed E-state index contributed by atoms with van der Waals surface area (Å²) in [7, 11) is 0. The van der Waals surface area contributed by atoms with Crippen LogP contribution in [0, 0.1) is 6.92 Å². The SMILES string of the molecule is Cc1cnn(Cc2cc3nccc(-c4cc(Cl)cc5c4N([C@@H]4CNC6(CCC6)C4)CCC5)c3s2)c(=O)c1. The largest absolute Gasteiger partial charge is 0.366 e. The van der Waals surface area contributed by atoms with E-state index in [4.69, 9.17) is 11.6 Å². The van der Waals surface area contributed by atoms with Crippen LogP contribution in [0.1, 0.15) is 48.1 Å². The van der Waals surface area contributed by atoms with Crippen LogP contribution in [0.2, 0.25) is 5.02 Å². The van der Waals surface area contributed by atoms with E-state index < -0.39 is 0 Å². The minimum Gasteiger partial charge on any atom is -0.366 e.